The number of aromatic nitrogens is 1. The first-order chi connectivity index (χ1) is 15.4. The minimum absolute atomic E-state index is 0.0123. The van der Waals surface area contributed by atoms with E-state index >= 15 is 0 Å². The van der Waals surface area contributed by atoms with Crippen LogP contribution in [0.15, 0.2) is 36.5 Å². The van der Waals surface area contributed by atoms with Crippen molar-refractivity contribution >= 4 is 11.6 Å². The average Bonchev–Trinajstić information content (AvgIpc) is 2.80. The van der Waals surface area contributed by atoms with Crippen molar-refractivity contribution in [3.8, 4) is 11.5 Å². The third kappa shape index (κ3) is 6.20. The van der Waals surface area contributed by atoms with E-state index in [1.165, 1.54) is 5.56 Å². The number of anilines is 1. The maximum Gasteiger partial charge on any atom is 0.238 e. The summed E-state index contributed by atoms with van der Waals surface area (Å²) >= 11 is 0. The summed E-state index contributed by atoms with van der Waals surface area (Å²) in [6, 6.07) is 9.98. The van der Waals surface area contributed by atoms with E-state index < -0.39 is 0 Å². The van der Waals surface area contributed by atoms with E-state index in [0.717, 1.165) is 38.3 Å². The molecule has 1 aromatic carbocycles. The number of pyridine rings is 1. The van der Waals surface area contributed by atoms with Crippen molar-refractivity contribution < 1.29 is 14.3 Å². The molecular formula is C25H36N4O3. The number of rotatable bonds is 9. The Morgan fingerprint density at radius 2 is 1.97 bits per heavy atom. The molecule has 1 N–H and O–H groups in total. The van der Waals surface area contributed by atoms with Gasteiger partial charge in [-0.15, -0.1) is 0 Å². The number of piperazine rings is 1. The summed E-state index contributed by atoms with van der Waals surface area (Å²) < 4.78 is 10.6. The van der Waals surface area contributed by atoms with E-state index in [-0.39, 0.29) is 5.91 Å². The van der Waals surface area contributed by atoms with E-state index in [1.807, 2.05) is 19.2 Å². The Balaban J connectivity index is 1.62. The van der Waals surface area contributed by atoms with E-state index in [4.69, 9.17) is 9.47 Å². The number of benzene rings is 1. The molecule has 1 aliphatic rings. The Morgan fingerprint density at radius 3 is 2.62 bits per heavy atom. The molecule has 0 radical (unpaired) electrons. The van der Waals surface area contributed by atoms with Gasteiger partial charge in [-0.3, -0.25) is 19.6 Å². The third-order valence-electron chi connectivity index (χ3n) is 6.31. The van der Waals surface area contributed by atoms with E-state index in [2.05, 4.69) is 46.1 Å². The molecule has 0 saturated carbocycles. The first kappa shape index (κ1) is 24.0. The van der Waals surface area contributed by atoms with Gasteiger partial charge in [0.1, 0.15) is 0 Å². The topological polar surface area (TPSA) is 66.9 Å². The molecule has 2 heterocycles. The van der Waals surface area contributed by atoms with Crippen LogP contribution in [0.1, 0.15) is 31.5 Å². The summed E-state index contributed by atoms with van der Waals surface area (Å²) in [4.78, 5) is 22.1. The van der Waals surface area contributed by atoms with Gasteiger partial charge in [0.2, 0.25) is 5.91 Å². The summed E-state index contributed by atoms with van der Waals surface area (Å²) in [6.45, 7) is 10.5. The normalized spacial score (nSPS) is 18.2. The van der Waals surface area contributed by atoms with Crippen molar-refractivity contribution in [2.75, 3.05) is 45.7 Å². The van der Waals surface area contributed by atoms with Crippen LogP contribution in [-0.4, -0.2) is 67.1 Å². The molecule has 32 heavy (non-hydrogen) atoms. The monoisotopic (exact) mass is 440 g/mol. The maximum absolute atomic E-state index is 12.8. The van der Waals surface area contributed by atoms with Gasteiger partial charge in [0.15, 0.2) is 11.5 Å². The molecule has 1 amide bonds. The lowest BCUT2D eigenvalue weighted by Gasteiger charge is -2.43. The molecule has 3 rings (SSSR count). The number of hydrogen-bond donors (Lipinski definition) is 1. The molecular weight excluding hydrogens is 404 g/mol. The Morgan fingerprint density at radius 1 is 1.19 bits per heavy atom. The highest BCUT2D eigenvalue weighted by molar-refractivity contribution is 5.92. The number of carbonyl (C=O) groups is 1. The predicted molar refractivity (Wildman–Crippen MR) is 127 cm³/mol. The fraction of sp³-hybridized carbons (Fsp3) is 0.520. The quantitative estimate of drug-likeness (QED) is 0.643. The molecule has 7 nitrogen and oxygen atoms in total. The molecule has 0 spiro atoms. The van der Waals surface area contributed by atoms with Crippen molar-refractivity contribution in [3.05, 3.63) is 47.8 Å². The van der Waals surface area contributed by atoms with Crippen molar-refractivity contribution in [1.29, 1.82) is 0 Å². The van der Waals surface area contributed by atoms with Crippen LogP contribution >= 0.6 is 0 Å². The fourth-order valence-electron chi connectivity index (χ4n) is 4.21. The molecule has 0 aliphatic carbocycles. The minimum Gasteiger partial charge on any atom is -0.493 e. The number of hydrogen-bond acceptors (Lipinski definition) is 6. The molecule has 1 aromatic heterocycles. The number of amides is 1. The largest absolute Gasteiger partial charge is 0.493 e. The van der Waals surface area contributed by atoms with Crippen LogP contribution in [0.5, 0.6) is 11.5 Å². The molecule has 2 aromatic rings. The SMILES string of the molecule is CC[C@@H](C)[C@@H]1CN(Cc2ccc(C)nc2)CCN1CC(=O)Nc1ccc(OC)c(OC)c1. The summed E-state index contributed by atoms with van der Waals surface area (Å²) in [7, 11) is 3.19. The van der Waals surface area contributed by atoms with Crippen LogP contribution < -0.4 is 14.8 Å². The van der Waals surface area contributed by atoms with Crippen molar-refractivity contribution in [3.63, 3.8) is 0 Å². The van der Waals surface area contributed by atoms with Gasteiger partial charge in [-0.1, -0.05) is 26.3 Å². The van der Waals surface area contributed by atoms with Gasteiger partial charge in [0, 0.05) is 55.9 Å². The van der Waals surface area contributed by atoms with Gasteiger partial charge in [0.05, 0.1) is 20.8 Å². The summed E-state index contributed by atoms with van der Waals surface area (Å²) in [5, 5.41) is 3.01. The highest BCUT2D eigenvalue weighted by Gasteiger charge is 2.31. The lowest BCUT2D eigenvalue weighted by Crippen LogP contribution is -2.56. The minimum atomic E-state index is -0.0123. The molecule has 0 unspecified atom stereocenters. The summed E-state index contributed by atoms with van der Waals surface area (Å²) in [5.41, 5.74) is 2.98. The zero-order valence-corrected chi connectivity index (χ0v) is 19.9. The molecule has 1 saturated heterocycles. The average molecular weight is 441 g/mol. The number of ether oxygens (including phenoxy) is 2. The zero-order valence-electron chi connectivity index (χ0n) is 19.9. The van der Waals surface area contributed by atoms with E-state index in [0.29, 0.717) is 35.7 Å². The van der Waals surface area contributed by atoms with Crippen LogP contribution in [0.3, 0.4) is 0 Å². The van der Waals surface area contributed by atoms with Gasteiger partial charge >= 0.3 is 0 Å². The highest BCUT2D eigenvalue weighted by atomic mass is 16.5. The highest BCUT2D eigenvalue weighted by Crippen LogP contribution is 2.30. The van der Waals surface area contributed by atoms with E-state index in [9.17, 15) is 4.79 Å². The number of methoxy groups -OCH3 is 2. The Kier molecular flexibility index (Phi) is 8.47. The van der Waals surface area contributed by atoms with Crippen molar-refractivity contribution in [2.45, 2.75) is 39.8 Å². The standard InChI is InChI=1S/C25H36N4O3/c1-6-18(2)22-16-28(15-20-8-7-19(3)26-14-20)11-12-29(22)17-25(30)27-21-9-10-23(31-4)24(13-21)32-5/h7-10,13-14,18,22H,6,11-12,15-17H2,1-5H3,(H,27,30)/t18-,22+/m1/s1. The molecule has 174 valence electrons. The van der Waals surface area contributed by atoms with Crippen LogP contribution in [0.25, 0.3) is 0 Å². The van der Waals surface area contributed by atoms with Crippen LogP contribution in [-0.2, 0) is 11.3 Å². The van der Waals surface area contributed by atoms with Crippen LogP contribution in [0.2, 0.25) is 0 Å². The number of carbonyl (C=O) groups excluding carboxylic acids is 1. The second-order valence-electron chi connectivity index (χ2n) is 8.58. The maximum atomic E-state index is 12.8. The molecule has 0 bridgehead atoms. The molecule has 1 aliphatic heterocycles. The Labute approximate surface area is 191 Å². The predicted octanol–water partition coefficient (Wildman–Crippen LogP) is 3.58. The lowest BCUT2D eigenvalue weighted by atomic mass is 9.95. The number of nitrogens with one attached hydrogen (secondary N) is 1. The number of nitrogens with zero attached hydrogens (tertiary/aromatic N) is 3. The zero-order chi connectivity index (χ0) is 23.1. The Hall–Kier alpha value is -2.64. The van der Waals surface area contributed by atoms with Crippen molar-refractivity contribution in [1.82, 2.24) is 14.8 Å². The van der Waals surface area contributed by atoms with Gasteiger partial charge in [-0.05, 0) is 36.6 Å². The van der Waals surface area contributed by atoms with Crippen LogP contribution in [0, 0.1) is 12.8 Å². The molecule has 1 fully saturated rings. The molecule has 7 heteroatoms. The molecule has 2 atom stereocenters. The van der Waals surface area contributed by atoms with Gasteiger partial charge in [-0.25, -0.2) is 0 Å². The second-order valence-corrected chi connectivity index (χ2v) is 8.58. The fourth-order valence-corrected chi connectivity index (χ4v) is 4.21. The summed E-state index contributed by atoms with van der Waals surface area (Å²) in [6.07, 6.45) is 3.05. The number of aryl methyl sites for hydroxylation is 1. The first-order valence-electron chi connectivity index (χ1n) is 11.3. The van der Waals surface area contributed by atoms with Gasteiger partial charge < -0.3 is 14.8 Å². The van der Waals surface area contributed by atoms with E-state index in [1.54, 1.807) is 26.4 Å². The van der Waals surface area contributed by atoms with Gasteiger partial charge in [-0.2, -0.15) is 0 Å². The second kappa shape index (κ2) is 11.3. The summed E-state index contributed by atoms with van der Waals surface area (Å²) in [5.74, 6) is 1.73. The lowest BCUT2D eigenvalue weighted by molar-refractivity contribution is -0.119. The first-order valence-corrected chi connectivity index (χ1v) is 11.3. The third-order valence-corrected chi connectivity index (χ3v) is 6.31. The Bertz CT molecular complexity index is 887. The van der Waals surface area contributed by atoms with Crippen molar-refractivity contribution in [2.24, 2.45) is 5.92 Å². The van der Waals surface area contributed by atoms with Crippen LogP contribution in [0.4, 0.5) is 5.69 Å². The smallest absolute Gasteiger partial charge is 0.238 e. The van der Waals surface area contributed by atoms with Gasteiger partial charge in [0.25, 0.3) is 0 Å².